The summed E-state index contributed by atoms with van der Waals surface area (Å²) >= 11 is 1.23. The fraction of sp³-hybridized carbons (Fsp3) is 0.188. The molecule has 0 saturated carbocycles. The maximum Gasteiger partial charge on any atom is 0.335 e. The molecule has 208 valence electrons. The molecule has 9 heteroatoms. The number of likely N-dealkylation sites (N-methyl/N-ethyl adjacent to an activating group) is 1. The average Bonchev–Trinajstić information content (AvgIpc) is 3.26. The van der Waals surface area contributed by atoms with E-state index < -0.39 is 5.97 Å². The van der Waals surface area contributed by atoms with Gasteiger partial charge in [-0.25, -0.2) is 9.79 Å². The van der Waals surface area contributed by atoms with Crippen LogP contribution in [0.15, 0.2) is 83.2 Å². The number of hydrogen-bond donors (Lipinski definition) is 1. The lowest BCUT2D eigenvalue weighted by molar-refractivity contribution is -0.122. The molecule has 0 aliphatic carbocycles. The molecule has 0 aromatic heterocycles. The van der Waals surface area contributed by atoms with E-state index in [0.717, 1.165) is 16.7 Å². The number of amides is 1. The molecule has 3 aromatic carbocycles. The number of carboxylic acid groups (broad SMARTS) is 1. The molecule has 0 radical (unpaired) electrons. The fourth-order valence-corrected chi connectivity index (χ4v) is 5.31. The molecule has 1 heterocycles. The van der Waals surface area contributed by atoms with Crippen LogP contribution in [0.4, 0.5) is 5.69 Å². The molecule has 0 unspecified atom stereocenters. The highest BCUT2D eigenvalue weighted by molar-refractivity contribution is 8.18. The number of nitrogens with zero attached hydrogens (tertiary/aromatic N) is 3. The van der Waals surface area contributed by atoms with E-state index in [2.05, 4.69) is 17.6 Å². The first kappa shape index (κ1) is 29.2. The van der Waals surface area contributed by atoms with Crippen molar-refractivity contribution in [1.82, 2.24) is 4.90 Å². The van der Waals surface area contributed by atoms with Crippen molar-refractivity contribution in [2.75, 3.05) is 13.2 Å². The summed E-state index contributed by atoms with van der Waals surface area (Å²) in [6.45, 7) is 8.62. The van der Waals surface area contributed by atoms with Crippen molar-refractivity contribution in [3.05, 3.63) is 106 Å². The number of aromatic carboxylic acids is 1. The van der Waals surface area contributed by atoms with Crippen LogP contribution in [0.3, 0.4) is 0 Å². The lowest BCUT2D eigenvalue weighted by atomic mass is 10.0. The van der Waals surface area contributed by atoms with Crippen LogP contribution in [0.1, 0.15) is 46.5 Å². The lowest BCUT2D eigenvalue weighted by Gasteiger charge is -2.17. The van der Waals surface area contributed by atoms with Gasteiger partial charge in [0, 0.05) is 17.7 Å². The van der Waals surface area contributed by atoms with Crippen molar-refractivity contribution in [1.29, 1.82) is 5.26 Å². The summed E-state index contributed by atoms with van der Waals surface area (Å²) in [5.74, 6) is -0.155. The van der Waals surface area contributed by atoms with Crippen molar-refractivity contribution in [2.24, 2.45) is 4.99 Å². The standard InChI is InChI=1S/C32H29N3O5S/c1-4-10-22-15-21(16-27(39-6-3)29(22)40-20-25-12-8-7-11-24(25)19-33)17-28-30(36)35(5-2)32(41-28)34-26-14-9-13-23(18-26)31(37)38/h4,7-9,11-18H,1,5-6,10,20H2,2-3H3,(H,37,38)/b28-17-,34-32?. The second-order valence-corrected chi connectivity index (χ2v) is 9.91. The van der Waals surface area contributed by atoms with Crippen molar-refractivity contribution in [2.45, 2.75) is 26.9 Å². The molecule has 3 aromatic rings. The summed E-state index contributed by atoms with van der Waals surface area (Å²) in [5.41, 5.74) is 3.45. The Hall–Kier alpha value is -4.81. The summed E-state index contributed by atoms with van der Waals surface area (Å²) in [7, 11) is 0. The highest BCUT2D eigenvalue weighted by Crippen LogP contribution is 2.38. The van der Waals surface area contributed by atoms with Gasteiger partial charge in [-0.1, -0.05) is 30.3 Å². The van der Waals surface area contributed by atoms with E-state index in [9.17, 15) is 20.0 Å². The highest BCUT2D eigenvalue weighted by atomic mass is 32.2. The predicted molar refractivity (Wildman–Crippen MR) is 160 cm³/mol. The van der Waals surface area contributed by atoms with Gasteiger partial charge in [-0.2, -0.15) is 5.26 Å². The highest BCUT2D eigenvalue weighted by Gasteiger charge is 2.32. The van der Waals surface area contributed by atoms with E-state index in [1.165, 1.54) is 23.9 Å². The SMILES string of the molecule is C=CCc1cc(/C=C2\SC(=Nc3cccc(C(=O)O)c3)N(CC)C2=O)cc(OCC)c1OCc1ccccc1C#N. The second-order valence-electron chi connectivity index (χ2n) is 8.90. The topological polar surface area (TPSA) is 112 Å². The van der Waals surface area contributed by atoms with Gasteiger partial charge in [-0.05, 0) is 80.1 Å². The Labute approximate surface area is 243 Å². The molecule has 8 nitrogen and oxygen atoms in total. The van der Waals surface area contributed by atoms with Crippen LogP contribution in [0.25, 0.3) is 6.08 Å². The summed E-state index contributed by atoms with van der Waals surface area (Å²) in [6, 6.07) is 19.5. The zero-order chi connectivity index (χ0) is 29.4. The molecule has 1 fully saturated rings. The quantitative estimate of drug-likeness (QED) is 0.206. The summed E-state index contributed by atoms with van der Waals surface area (Å²) in [4.78, 5) is 31.3. The number of benzene rings is 3. The third kappa shape index (κ3) is 6.86. The zero-order valence-electron chi connectivity index (χ0n) is 22.8. The molecule has 41 heavy (non-hydrogen) atoms. The van der Waals surface area contributed by atoms with Crippen LogP contribution in [0, 0.1) is 11.3 Å². The molecule has 1 aliphatic heterocycles. The van der Waals surface area contributed by atoms with Crippen molar-refractivity contribution in [3.63, 3.8) is 0 Å². The minimum absolute atomic E-state index is 0.122. The summed E-state index contributed by atoms with van der Waals surface area (Å²) in [5, 5.41) is 19.2. The average molecular weight is 568 g/mol. The Bertz CT molecular complexity index is 1590. The third-order valence-electron chi connectivity index (χ3n) is 6.15. The first-order valence-electron chi connectivity index (χ1n) is 13.0. The Morgan fingerprint density at radius 2 is 1.93 bits per heavy atom. The molecule has 1 N–H and O–H groups in total. The van der Waals surface area contributed by atoms with Gasteiger partial charge in [0.25, 0.3) is 5.91 Å². The monoisotopic (exact) mass is 567 g/mol. The minimum atomic E-state index is -1.04. The van der Waals surface area contributed by atoms with Gasteiger partial charge < -0.3 is 14.6 Å². The van der Waals surface area contributed by atoms with Gasteiger partial charge in [-0.3, -0.25) is 9.69 Å². The van der Waals surface area contributed by atoms with Crippen LogP contribution in [0.5, 0.6) is 11.5 Å². The predicted octanol–water partition coefficient (Wildman–Crippen LogP) is 6.59. The van der Waals surface area contributed by atoms with Crippen LogP contribution in [-0.4, -0.2) is 40.2 Å². The number of rotatable bonds is 11. The van der Waals surface area contributed by atoms with E-state index in [-0.39, 0.29) is 18.1 Å². The van der Waals surface area contributed by atoms with Gasteiger partial charge in [0.05, 0.1) is 34.4 Å². The molecule has 0 spiro atoms. The van der Waals surface area contributed by atoms with Crippen LogP contribution >= 0.6 is 11.8 Å². The van der Waals surface area contributed by atoms with Gasteiger partial charge in [0.2, 0.25) is 0 Å². The van der Waals surface area contributed by atoms with Crippen LogP contribution in [-0.2, 0) is 17.8 Å². The molecule has 0 atom stereocenters. The first-order chi connectivity index (χ1) is 19.9. The molecule has 1 amide bonds. The van der Waals surface area contributed by atoms with Crippen molar-refractivity contribution in [3.8, 4) is 17.6 Å². The Balaban J connectivity index is 1.69. The number of carboxylic acids is 1. The number of allylic oxidation sites excluding steroid dienone is 1. The Morgan fingerprint density at radius 1 is 1.12 bits per heavy atom. The molecule has 0 bridgehead atoms. The Kier molecular flexibility index (Phi) is 9.61. The minimum Gasteiger partial charge on any atom is -0.490 e. The zero-order valence-corrected chi connectivity index (χ0v) is 23.6. The number of carbonyl (C=O) groups excluding carboxylic acids is 1. The van der Waals surface area contributed by atoms with E-state index in [4.69, 9.17) is 9.47 Å². The smallest absolute Gasteiger partial charge is 0.335 e. The maximum absolute atomic E-state index is 13.3. The van der Waals surface area contributed by atoms with Gasteiger partial charge in [0.15, 0.2) is 16.7 Å². The summed E-state index contributed by atoms with van der Waals surface area (Å²) in [6.07, 6.45) is 4.05. The number of carbonyl (C=O) groups is 2. The largest absolute Gasteiger partial charge is 0.490 e. The Morgan fingerprint density at radius 3 is 2.63 bits per heavy atom. The molecule has 4 rings (SSSR count). The van der Waals surface area contributed by atoms with Crippen molar-refractivity contribution >= 4 is 40.6 Å². The van der Waals surface area contributed by atoms with E-state index in [0.29, 0.717) is 52.4 Å². The number of amidine groups is 1. The van der Waals surface area contributed by atoms with Crippen molar-refractivity contribution < 1.29 is 24.2 Å². The lowest BCUT2D eigenvalue weighted by Crippen LogP contribution is -2.28. The number of ether oxygens (including phenoxy) is 2. The van der Waals surface area contributed by atoms with Gasteiger partial charge >= 0.3 is 5.97 Å². The molecule has 1 aliphatic rings. The van der Waals surface area contributed by atoms with Crippen LogP contribution in [0.2, 0.25) is 0 Å². The third-order valence-corrected chi connectivity index (χ3v) is 7.15. The van der Waals surface area contributed by atoms with E-state index in [1.807, 2.05) is 44.2 Å². The summed E-state index contributed by atoms with van der Waals surface area (Å²) < 4.78 is 12.2. The van der Waals surface area contributed by atoms with Gasteiger partial charge in [-0.15, -0.1) is 6.58 Å². The van der Waals surface area contributed by atoms with Crippen LogP contribution < -0.4 is 9.47 Å². The fourth-order valence-electron chi connectivity index (χ4n) is 4.25. The van der Waals surface area contributed by atoms with Gasteiger partial charge in [0.1, 0.15) is 6.61 Å². The first-order valence-corrected chi connectivity index (χ1v) is 13.8. The molecular formula is C32H29N3O5S. The number of thioether (sulfide) groups is 1. The molecular weight excluding hydrogens is 538 g/mol. The number of hydrogen-bond acceptors (Lipinski definition) is 7. The molecule has 1 saturated heterocycles. The van der Waals surface area contributed by atoms with E-state index in [1.54, 1.807) is 35.3 Å². The normalized spacial score (nSPS) is 14.8. The second kappa shape index (κ2) is 13.5. The number of aliphatic imine (C=N–C) groups is 1. The number of nitriles is 1. The maximum atomic E-state index is 13.3. The van der Waals surface area contributed by atoms with E-state index >= 15 is 0 Å².